The van der Waals surface area contributed by atoms with E-state index in [4.69, 9.17) is 10.7 Å². The third-order valence-electron chi connectivity index (χ3n) is 2.19. The van der Waals surface area contributed by atoms with Crippen LogP contribution in [0.15, 0.2) is 0 Å². The van der Waals surface area contributed by atoms with Gasteiger partial charge in [-0.25, -0.2) is 5.90 Å². The Morgan fingerprint density at radius 1 is 1.14 bits per heavy atom. The van der Waals surface area contributed by atoms with Crippen LogP contribution in [0.5, 0.6) is 0 Å². The van der Waals surface area contributed by atoms with Gasteiger partial charge < -0.3 is 10.2 Å². The molecule has 0 aliphatic heterocycles. The summed E-state index contributed by atoms with van der Waals surface area (Å²) in [6.07, 6.45) is 0. The van der Waals surface area contributed by atoms with E-state index < -0.39 is 0 Å². The predicted molar refractivity (Wildman–Crippen MR) is 60.8 cm³/mol. The molecule has 1 atom stereocenters. The maximum Gasteiger partial charge on any atom is 0.0837 e. The van der Waals surface area contributed by atoms with Crippen molar-refractivity contribution in [3.05, 3.63) is 0 Å². The Kier molecular flexibility index (Phi) is 5.06. The summed E-state index contributed by atoms with van der Waals surface area (Å²) in [5.74, 6) is 5.13. The highest BCUT2D eigenvalue weighted by Crippen LogP contribution is 2.20. The molecule has 3 nitrogen and oxygen atoms in total. The lowest BCUT2D eigenvalue weighted by atomic mass is 9.86. The molecule has 0 amide bonds. The van der Waals surface area contributed by atoms with Gasteiger partial charge in [0.25, 0.3) is 0 Å². The van der Waals surface area contributed by atoms with Crippen molar-refractivity contribution in [2.75, 3.05) is 13.2 Å². The lowest BCUT2D eigenvalue weighted by Gasteiger charge is -2.33. The number of nitrogens with two attached hydrogens (primary N) is 1. The quantitative estimate of drug-likeness (QED) is 0.685. The fourth-order valence-electron chi connectivity index (χ4n) is 1.14. The number of rotatable bonds is 4. The van der Waals surface area contributed by atoms with E-state index in [0.29, 0.717) is 12.6 Å². The van der Waals surface area contributed by atoms with Crippen LogP contribution in [0.4, 0.5) is 0 Å². The van der Waals surface area contributed by atoms with Gasteiger partial charge in [0, 0.05) is 12.6 Å². The summed E-state index contributed by atoms with van der Waals surface area (Å²) in [6, 6.07) is 0.298. The van der Waals surface area contributed by atoms with Gasteiger partial charge in [-0.2, -0.15) is 0 Å². The molecule has 0 aliphatic carbocycles. The highest BCUT2D eigenvalue weighted by molar-refractivity contribution is 4.81. The lowest BCUT2D eigenvalue weighted by Crippen LogP contribution is -2.47. The smallest absolute Gasteiger partial charge is 0.0837 e. The van der Waals surface area contributed by atoms with Crippen molar-refractivity contribution in [3.8, 4) is 0 Å². The summed E-state index contributed by atoms with van der Waals surface area (Å²) >= 11 is 0. The van der Waals surface area contributed by atoms with Crippen molar-refractivity contribution in [2.45, 2.75) is 47.6 Å². The molecule has 0 heterocycles. The molecule has 0 saturated carbocycles. The second-order valence-corrected chi connectivity index (χ2v) is 6.19. The van der Waals surface area contributed by atoms with Crippen molar-refractivity contribution in [1.29, 1.82) is 0 Å². The molecule has 3 N–H and O–H groups in total. The Morgan fingerprint density at radius 2 is 1.64 bits per heavy atom. The van der Waals surface area contributed by atoms with Gasteiger partial charge in [0.2, 0.25) is 0 Å². The molecule has 0 rings (SSSR count). The second-order valence-electron chi connectivity index (χ2n) is 6.19. The molecule has 0 radical (unpaired) electrons. The topological polar surface area (TPSA) is 47.3 Å². The molecule has 0 fully saturated rings. The molecule has 0 aliphatic rings. The monoisotopic (exact) mass is 202 g/mol. The van der Waals surface area contributed by atoms with Gasteiger partial charge in [-0.3, -0.25) is 0 Å². The molecular weight excluding hydrogens is 176 g/mol. The Balaban J connectivity index is 4.12. The summed E-state index contributed by atoms with van der Waals surface area (Å²) in [5, 5.41) is 3.50. The minimum atomic E-state index is 0.171. The summed E-state index contributed by atoms with van der Waals surface area (Å²) in [5.41, 5.74) is 0.461. The van der Waals surface area contributed by atoms with Crippen LogP contribution in [-0.2, 0) is 4.84 Å². The van der Waals surface area contributed by atoms with E-state index in [1.165, 1.54) is 0 Å². The molecule has 0 bridgehead atoms. The van der Waals surface area contributed by atoms with Gasteiger partial charge in [0.1, 0.15) is 0 Å². The van der Waals surface area contributed by atoms with Crippen molar-refractivity contribution in [2.24, 2.45) is 16.7 Å². The lowest BCUT2D eigenvalue weighted by molar-refractivity contribution is 0.0721. The van der Waals surface area contributed by atoms with Crippen molar-refractivity contribution in [3.63, 3.8) is 0 Å². The normalized spacial score (nSPS) is 15.6. The zero-order valence-corrected chi connectivity index (χ0v) is 10.5. The van der Waals surface area contributed by atoms with Crippen LogP contribution in [-0.4, -0.2) is 19.2 Å². The van der Waals surface area contributed by atoms with Gasteiger partial charge in [0.15, 0.2) is 0 Å². The van der Waals surface area contributed by atoms with E-state index in [0.717, 1.165) is 6.54 Å². The fourth-order valence-corrected chi connectivity index (χ4v) is 1.14. The summed E-state index contributed by atoms with van der Waals surface area (Å²) in [4.78, 5) is 4.73. The van der Waals surface area contributed by atoms with Crippen LogP contribution >= 0.6 is 0 Å². The van der Waals surface area contributed by atoms with Gasteiger partial charge in [-0.15, -0.1) is 0 Å². The highest BCUT2D eigenvalue weighted by Gasteiger charge is 2.25. The first-order valence-corrected chi connectivity index (χ1v) is 5.22. The second kappa shape index (κ2) is 5.10. The maximum absolute atomic E-state index is 5.13. The number of hydrogen-bond donors (Lipinski definition) is 2. The van der Waals surface area contributed by atoms with Crippen molar-refractivity contribution in [1.82, 2.24) is 5.32 Å². The Bertz CT molecular complexity index is 156. The highest BCUT2D eigenvalue weighted by atomic mass is 16.6. The van der Waals surface area contributed by atoms with Crippen LogP contribution in [0.25, 0.3) is 0 Å². The molecule has 0 spiro atoms. The zero-order chi connectivity index (χ0) is 11.4. The maximum atomic E-state index is 5.13. The zero-order valence-electron chi connectivity index (χ0n) is 10.5. The third kappa shape index (κ3) is 6.35. The Morgan fingerprint density at radius 3 is 1.93 bits per heavy atom. The van der Waals surface area contributed by atoms with Gasteiger partial charge in [-0.1, -0.05) is 41.5 Å². The average Bonchev–Trinajstić information content (AvgIpc) is 1.93. The number of hydrogen-bond acceptors (Lipinski definition) is 3. The van der Waals surface area contributed by atoms with Gasteiger partial charge in [0.05, 0.1) is 6.61 Å². The van der Waals surface area contributed by atoms with E-state index in [9.17, 15) is 0 Å². The fraction of sp³-hybridized carbons (Fsp3) is 1.00. The molecule has 0 saturated heterocycles. The molecule has 3 heteroatoms. The van der Waals surface area contributed by atoms with Crippen LogP contribution < -0.4 is 11.2 Å². The first-order chi connectivity index (χ1) is 6.17. The van der Waals surface area contributed by atoms with Gasteiger partial charge in [-0.05, 0) is 10.8 Å². The minimum Gasteiger partial charge on any atom is -0.311 e. The Labute approximate surface area is 88.3 Å². The van der Waals surface area contributed by atoms with Crippen LogP contribution in [0, 0.1) is 10.8 Å². The van der Waals surface area contributed by atoms with E-state index in [1.807, 2.05) is 0 Å². The van der Waals surface area contributed by atoms with E-state index in [2.05, 4.69) is 46.9 Å². The van der Waals surface area contributed by atoms with E-state index in [-0.39, 0.29) is 10.8 Å². The standard InChI is InChI=1S/C11H26N2O/c1-10(2,3)8-13-9(7-14-12)11(4,5)6/h9,13H,7-8,12H2,1-6H3. The summed E-state index contributed by atoms with van der Waals surface area (Å²) in [7, 11) is 0. The molecular formula is C11H26N2O. The third-order valence-corrected chi connectivity index (χ3v) is 2.19. The van der Waals surface area contributed by atoms with Crippen LogP contribution in [0.1, 0.15) is 41.5 Å². The van der Waals surface area contributed by atoms with Crippen molar-refractivity contribution < 1.29 is 4.84 Å². The molecule has 0 aromatic carbocycles. The average molecular weight is 202 g/mol. The molecule has 0 aromatic heterocycles. The SMILES string of the molecule is CC(C)(C)CNC(CON)C(C)(C)C. The van der Waals surface area contributed by atoms with Crippen molar-refractivity contribution >= 4 is 0 Å². The van der Waals surface area contributed by atoms with Crippen LogP contribution in [0.2, 0.25) is 0 Å². The van der Waals surface area contributed by atoms with E-state index >= 15 is 0 Å². The molecule has 14 heavy (non-hydrogen) atoms. The van der Waals surface area contributed by atoms with Gasteiger partial charge >= 0.3 is 0 Å². The molecule has 0 aromatic rings. The Hall–Kier alpha value is -0.120. The number of nitrogens with one attached hydrogen (secondary N) is 1. The minimum absolute atomic E-state index is 0.171. The first kappa shape index (κ1) is 13.9. The summed E-state index contributed by atoms with van der Waals surface area (Å²) in [6.45, 7) is 14.7. The largest absolute Gasteiger partial charge is 0.311 e. The van der Waals surface area contributed by atoms with E-state index in [1.54, 1.807) is 0 Å². The molecule has 1 unspecified atom stereocenters. The summed E-state index contributed by atoms with van der Waals surface area (Å²) < 4.78 is 0. The predicted octanol–water partition coefficient (Wildman–Crippen LogP) is 1.93. The molecule has 86 valence electrons. The first-order valence-electron chi connectivity index (χ1n) is 5.22. The van der Waals surface area contributed by atoms with Crippen LogP contribution in [0.3, 0.4) is 0 Å².